The highest BCUT2D eigenvalue weighted by atomic mass is 16.5. The maximum Gasteiger partial charge on any atom is 0.248 e. The summed E-state index contributed by atoms with van der Waals surface area (Å²) in [5, 5.41) is 10.4. The van der Waals surface area contributed by atoms with Crippen LogP contribution in [0.3, 0.4) is 0 Å². The molecule has 9 heteroatoms. The summed E-state index contributed by atoms with van der Waals surface area (Å²) in [6.07, 6.45) is 6.68. The van der Waals surface area contributed by atoms with E-state index in [1.165, 1.54) is 6.33 Å². The molecule has 0 atom stereocenters. The summed E-state index contributed by atoms with van der Waals surface area (Å²) in [4.78, 5) is 25.9. The Morgan fingerprint density at radius 1 is 1.05 bits per heavy atom. The van der Waals surface area contributed by atoms with Gasteiger partial charge in [-0.05, 0) is 74.8 Å². The topological polar surface area (TPSA) is 110 Å². The lowest BCUT2D eigenvalue weighted by atomic mass is 10.1. The third kappa shape index (κ3) is 6.07. The molecule has 1 saturated heterocycles. The van der Waals surface area contributed by atoms with Gasteiger partial charge in [0.15, 0.2) is 0 Å². The van der Waals surface area contributed by atoms with Crippen LogP contribution in [0.4, 0.5) is 17.2 Å². The average molecular weight is 511 g/mol. The zero-order chi connectivity index (χ0) is 26.3. The van der Waals surface area contributed by atoms with Crippen LogP contribution >= 0.6 is 0 Å². The fourth-order valence-corrected chi connectivity index (χ4v) is 4.36. The van der Waals surface area contributed by atoms with Crippen LogP contribution in [-0.2, 0) is 11.4 Å². The van der Waals surface area contributed by atoms with Crippen molar-refractivity contribution in [2.45, 2.75) is 26.4 Å². The molecule has 0 bridgehead atoms. The van der Waals surface area contributed by atoms with E-state index in [1.54, 1.807) is 25.4 Å². The van der Waals surface area contributed by atoms with Crippen molar-refractivity contribution in [1.82, 2.24) is 20.3 Å². The third-order valence-electron chi connectivity index (χ3n) is 6.33. The van der Waals surface area contributed by atoms with E-state index in [4.69, 9.17) is 9.47 Å². The molecule has 38 heavy (non-hydrogen) atoms. The van der Waals surface area contributed by atoms with Crippen LogP contribution in [0.2, 0.25) is 0 Å². The lowest BCUT2D eigenvalue weighted by molar-refractivity contribution is -0.112. The van der Waals surface area contributed by atoms with Gasteiger partial charge >= 0.3 is 0 Å². The second kappa shape index (κ2) is 11.7. The van der Waals surface area contributed by atoms with E-state index in [2.05, 4.69) is 30.9 Å². The van der Waals surface area contributed by atoms with Crippen LogP contribution in [0.5, 0.6) is 11.5 Å². The van der Waals surface area contributed by atoms with Gasteiger partial charge in [-0.3, -0.25) is 9.78 Å². The molecular weight excluding hydrogens is 480 g/mol. The van der Waals surface area contributed by atoms with E-state index in [1.807, 2.05) is 49.4 Å². The SMILES string of the molecule is COc1cc2ncnc(Nc3ccc(OCc4ccccn4)c(C)c3)c2cc1NC(=O)C=C1CCNCC1. The fraction of sp³-hybridized carbons (Fsp3) is 0.241. The number of carbonyl (C=O) groups is 1. The molecule has 3 heterocycles. The molecule has 1 aliphatic heterocycles. The molecule has 2 aromatic heterocycles. The van der Waals surface area contributed by atoms with Crippen molar-refractivity contribution in [2.75, 3.05) is 30.8 Å². The van der Waals surface area contributed by atoms with E-state index in [0.717, 1.165) is 59.6 Å². The van der Waals surface area contributed by atoms with Crippen LogP contribution < -0.4 is 25.4 Å². The number of methoxy groups -OCH3 is 1. The highest BCUT2D eigenvalue weighted by Gasteiger charge is 2.14. The van der Waals surface area contributed by atoms with Crippen LogP contribution in [-0.4, -0.2) is 41.1 Å². The van der Waals surface area contributed by atoms with Gasteiger partial charge in [0, 0.05) is 29.4 Å². The number of fused-ring (bicyclic) bond motifs is 1. The quantitative estimate of drug-likeness (QED) is 0.287. The Labute approximate surface area is 221 Å². The van der Waals surface area contributed by atoms with Gasteiger partial charge in [-0.2, -0.15) is 0 Å². The maximum atomic E-state index is 12.7. The molecule has 9 nitrogen and oxygen atoms in total. The number of anilines is 3. The smallest absolute Gasteiger partial charge is 0.248 e. The molecule has 0 radical (unpaired) electrons. The number of piperidine rings is 1. The second-order valence-corrected chi connectivity index (χ2v) is 9.05. The molecule has 0 aliphatic carbocycles. The van der Waals surface area contributed by atoms with Gasteiger partial charge in [0.2, 0.25) is 5.91 Å². The van der Waals surface area contributed by atoms with Crippen molar-refractivity contribution in [3.63, 3.8) is 0 Å². The number of benzene rings is 2. The van der Waals surface area contributed by atoms with Crippen molar-refractivity contribution in [1.29, 1.82) is 0 Å². The lowest BCUT2D eigenvalue weighted by Gasteiger charge is -2.16. The van der Waals surface area contributed by atoms with Gasteiger partial charge < -0.3 is 25.4 Å². The number of hydrogen-bond acceptors (Lipinski definition) is 8. The number of hydrogen-bond donors (Lipinski definition) is 3. The number of aromatic nitrogens is 3. The summed E-state index contributed by atoms with van der Waals surface area (Å²) in [5.41, 5.74) is 5.08. The second-order valence-electron chi connectivity index (χ2n) is 9.05. The average Bonchev–Trinajstić information content (AvgIpc) is 2.93. The molecule has 1 amide bonds. The summed E-state index contributed by atoms with van der Waals surface area (Å²) in [6, 6.07) is 15.3. The van der Waals surface area contributed by atoms with E-state index < -0.39 is 0 Å². The predicted molar refractivity (Wildman–Crippen MR) is 148 cm³/mol. The number of rotatable bonds is 8. The molecule has 5 rings (SSSR count). The first kappa shape index (κ1) is 25.2. The molecule has 0 unspecified atom stereocenters. The molecular formula is C29H30N6O3. The Hall–Kier alpha value is -4.50. The van der Waals surface area contributed by atoms with Gasteiger partial charge in [0.25, 0.3) is 0 Å². The lowest BCUT2D eigenvalue weighted by Crippen LogP contribution is -2.24. The molecule has 1 aliphatic rings. The van der Waals surface area contributed by atoms with E-state index in [9.17, 15) is 4.79 Å². The molecule has 194 valence electrons. The summed E-state index contributed by atoms with van der Waals surface area (Å²) in [5.74, 6) is 1.75. The first-order chi connectivity index (χ1) is 18.6. The van der Waals surface area contributed by atoms with Crippen LogP contribution in [0.1, 0.15) is 24.1 Å². The Morgan fingerprint density at radius 2 is 1.92 bits per heavy atom. The van der Waals surface area contributed by atoms with Crippen molar-refractivity contribution >= 4 is 34.0 Å². The molecule has 3 N–H and O–H groups in total. The summed E-state index contributed by atoms with van der Waals surface area (Å²) < 4.78 is 11.5. The minimum absolute atomic E-state index is 0.178. The summed E-state index contributed by atoms with van der Waals surface area (Å²) in [7, 11) is 1.57. The van der Waals surface area contributed by atoms with Crippen molar-refractivity contribution in [3.05, 3.63) is 84.0 Å². The van der Waals surface area contributed by atoms with Gasteiger partial charge in [0.1, 0.15) is 30.3 Å². The Bertz CT molecular complexity index is 1460. The van der Waals surface area contributed by atoms with Crippen LogP contribution in [0, 0.1) is 6.92 Å². The first-order valence-corrected chi connectivity index (χ1v) is 12.5. The van der Waals surface area contributed by atoms with Gasteiger partial charge in [-0.1, -0.05) is 11.6 Å². The van der Waals surface area contributed by atoms with Crippen LogP contribution in [0.25, 0.3) is 10.9 Å². The standard InChI is InChI=1S/C29H30N6O3/c1-19-13-21(6-7-26(19)38-17-22-5-3-4-10-31-22)34-29-23-15-25(27(37-2)16-24(23)32-18-33-29)35-28(36)14-20-8-11-30-12-9-20/h3-7,10,13-16,18,30H,8-9,11-12,17H2,1-2H3,(H,35,36)(H,32,33,34). The van der Waals surface area contributed by atoms with Crippen molar-refractivity contribution in [2.24, 2.45) is 0 Å². The number of nitrogens with zero attached hydrogens (tertiary/aromatic N) is 3. The molecule has 1 fully saturated rings. The minimum atomic E-state index is -0.178. The Kier molecular flexibility index (Phi) is 7.75. The van der Waals surface area contributed by atoms with Crippen LogP contribution in [0.15, 0.2) is 72.7 Å². The maximum absolute atomic E-state index is 12.7. The Balaban J connectivity index is 1.36. The summed E-state index contributed by atoms with van der Waals surface area (Å²) in [6.45, 7) is 4.17. The number of amides is 1. The normalized spacial score (nSPS) is 13.2. The van der Waals surface area contributed by atoms with Crippen molar-refractivity contribution < 1.29 is 14.3 Å². The monoisotopic (exact) mass is 510 g/mol. The first-order valence-electron chi connectivity index (χ1n) is 12.5. The number of aryl methyl sites for hydroxylation is 1. The van der Waals surface area contributed by atoms with Crippen molar-refractivity contribution in [3.8, 4) is 11.5 Å². The largest absolute Gasteiger partial charge is 0.494 e. The summed E-state index contributed by atoms with van der Waals surface area (Å²) >= 11 is 0. The van der Waals surface area contributed by atoms with E-state index >= 15 is 0 Å². The predicted octanol–water partition coefficient (Wildman–Crippen LogP) is 4.91. The molecule has 0 saturated carbocycles. The van der Waals surface area contributed by atoms with Gasteiger partial charge in [-0.25, -0.2) is 9.97 Å². The number of ether oxygens (including phenoxy) is 2. The highest BCUT2D eigenvalue weighted by molar-refractivity contribution is 6.04. The third-order valence-corrected chi connectivity index (χ3v) is 6.33. The fourth-order valence-electron chi connectivity index (χ4n) is 4.36. The molecule has 0 spiro atoms. The Morgan fingerprint density at radius 3 is 2.68 bits per heavy atom. The van der Waals surface area contributed by atoms with Gasteiger partial charge in [0.05, 0.1) is 24.0 Å². The number of pyridine rings is 1. The zero-order valence-corrected chi connectivity index (χ0v) is 21.5. The molecule has 2 aromatic carbocycles. The highest BCUT2D eigenvalue weighted by Crippen LogP contribution is 2.34. The van der Waals surface area contributed by atoms with Gasteiger partial charge in [-0.15, -0.1) is 0 Å². The molecule has 4 aromatic rings. The number of carbonyl (C=O) groups excluding carboxylic acids is 1. The minimum Gasteiger partial charge on any atom is -0.494 e. The number of nitrogens with one attached hydrogen (secondary N) is 3. The zero-order valence-electron chi connectivity index (χ0n) is 21.5. The van der Waals surface area contributed by atoms with E-state index in [-0.39, 0.29) is 5.91 Å². The van der Waals surface area contributed by atoms with E-state index in [0.29, 0.717) is 29.4 Å².